The predicted octanol–water partition coefficient (Wildman–Crippen LogP) is 2.58. The lowest BCUT2D eigenvalue weighted by Crippen LogP contribution is -2.45. The second kappa shape index (κ2) is 6.51. The Morgan fingerprint density at radius 2 is 2.13 bits per heavy atom. The maximum Gasteiger partial charge on any atom is 0.0338 e. The van der Waals surface area contributed by atoms with Crippen LogP contribution in [-0.4, -0.2) is 30.6 Å². The summed E-state index contributed by atoms with van der Waals surface area (Å²) in [5, 5.41) is 0.734. The number of nitrogens with two attached hydrogens (primary N) is 1. The summed E-state index contributed by atoms with van der Waals surface area (Å²) in [5.41, 5.74) is 5.83. The van der Waals surface area contributed by atoms with Crippen molar-refractivity contribution in [1.82, 2.24) is 4.90 Å². The molecule has 0 aromatic carbocycles. The van der Waals surface area contributed by atoms with Crippen LogP contribution in [0.2, 0.25) is 0 Å². The highest BCUT2D eigenvalue weighted by Gasteiger charge is 2.28. The molecule has 2 atom stereocenters. The Bertz CT molecular complexity index is 206. The highest BCUT2D eigenvalue weighted by molar-refractivity contribution is 6.29. The van der Waals surface area contributed by atoms with Crippen LogP contribution in [0, 0.1) is 5.92 Å². The molecule has 0 heterocycles. The summed E-state index contributed by atoms with van der Waals surface area (Å²) in [6, 6.07) is 0.615. The Balaban J connectivity index is 2.58. The lowest BCUT2D eigenvalue weighted by Gasteiger charge is -2.39. The minimum atomic E-state index is 0.615. The van der Waals surface area contributed by atoms with Crippen molar-refractivity contribution in [2.24, 2.45) is 11.7 Å². The number of hydrogen-bond donors (Lipinski definition) is 1. The predicted molar refractivity (Wildman–Crippen MR) is 67.0 cm³/mol. The van der Waals surface area contributed by atoms with Crippen LogP contribution in [0.3, 0.4) is 0 Å². The van der Waals surface area contributed by atoms with Crippen molar-refractivity contribution >= 4 is 11.6 Å². The molecule has 0 spiro atoms. The summed E-state index contributed by atoms with van der Waals surface area (Å²) >= 11 is 5.89. The van der Waals surface area contributed by atoms with Crippen molar-refractivity contribution in [3.63, 3.8) is 0 Å². The fourth-order valence-electron chi connectivity index (χ4n) is 2.63. The van der Waals surface area contributed by atoms with Gasteiger partial charge in [0.1, 0.15) is 0 Å². The van der Waals surface area contributed by atoms with E-state index in [4.69, 9.17) is 17.3 Å². The van der Waals surface area contributed by atoms with Crippen molar-refractivity contribution in [3.8, 4) is 0 Å². The number of hydrogen-bond acceptors (Lipinski definition) is 2. The maximum absolute atomic E-state index is 5.89. The van der Waals surface area contributed by atoms with Crippen LogP contribution in [0.25, 0.3) is 0 Å². The Kier molecular flexibility index (Phi) is 5.65. The first-order valence-corrected chi connectivity index (χ1v) is 6.34. The largest absolute Gasteiger partial charge is 0.330 e. The lowest BCUT2D eigenvalue weighted by atomic mass is 9.83. The van der Waals surface area contributed by atoms with E-state index in [0.717, 1.165) is 24.7 Å². The molecule has 0 bridgehead atoms. The summed E-state index contributed by atoms with van der Waals surface area (Å²) in [4.78, 5) is 2.42. The molecule has 15 heavy (non-hydrogen) atoms. The van der Waals surface area contributed by atoms with Crippen LogP contribution in [0.5, 0.6) is 0 Å². The van der Waals surface area contributed by atoms with Gasteiger partial charge in [-0.15, -0.1) is 0 Å². The van der Waals surface area contributed by atoms with Crippen LogP contribution in [0.1, 0.15) is 32.6 Å². The summed E-state index contributed by atoms with van der Waals surface area (Å²) < 4.78 is 0. The number of halogens is 1. The van der Waals surface area contributed by atoms with Gasteiger partial charge in [-0.05, 0) is 31.8 Å². The third-order valence-corrected chi connectivity index (χ3v) is 3.54. The molecule has 0 amide bonds. The zero-order chi connectivity index (χ0) is 11.3. The Morgan fingerprint density at radius 1 is 1.47 bits per heavy atom. The minimum absolute atomic E-state index is 0.615. The molecule has 1 fully saturated rings. The molecule has 1 aliphatic rings. The molecule has 0 aromatic heterocycles. The first-order chi connectivity index (χ1) is 7.19. The lowest BCUT2D eigenvalue weighted by molar-refractivity contribution is 0.124. The summed E-state index contributed by atoms with van der Waals surface area (Å²) in [6.07, 6.45) is 5.19. The van der Waals surface area contributed by atoms with Gasteiger partial charge in [0.15, 0.2) is 0 Å². The van der Waals surface area contributed by atoms with Gasteiger partial charge in [0.2, 0.25) is 0 Å². The Morgan fingerprint density at radius 3 is 2.67 bits per heavy atom. The summed E-state index contributed by atoms with van der Waals surface area (Å²) in [5.74, 6) is 0.648. The van der Waals surface area contributed by atoms with E-state index in [-0.39, 0.29) is 0 Å². The third-order valence-electron chi connectivity index (χ3n) is 3.42. The zero-order valence-electron chi connectivity index (χ0n) is 9.71. The second-order valence-electron chi connectivity index (χ2n) is 4.43. The maximum atomic E-state index is 5.89. The van der Waals surface area contributed by atoms with Crippen LogP contribution in [-0.2, 0) is 0 Å². The van der Waals surface area contributed by atoms with Gasteiger partial charge >= 0.3 is 0 Å². The zero-order valence-corrected chi connectivity index (χ0v) is 10.5. The van der Waals surface area contributed by atoms with Crippen molar-refractivity contribution < 1.29 is 0 Å². The first-order valence-electron chi connectivity index (χ1n) is 5.96. The van der Waals surface area contributed by atoms with E-state index in [9.17, 15) is 0 Å². The number of likely N-dealkylation sites (N-methyl/N-ethyl adjacent to an activating group) is 1. The van der Waals surface area contributed by atoms with Crippen molar-refractivity contribution in [1.29, 1.82) is 0 Å². The molecule has 2 unspecified atom stereocenters. The molecular formula is C12H23ClN2. The van der Waals surface area contributed by atoms with Crippen LogP contribution in [0.15, 0.2) is 11.6 Å². The number of rotatable bonds is 5. The van der Waals surface area contributed by atoms with Gasteiger partial charge in [-0.25, -0.2) is 0 Å². The van der Waals surface area contributed by atoms with Gasteiger partial charge in [-0.2, -0.15) is 0 Å². The average Bonchev–Trinajstić information content (AvgIpc) is 2.25. The molecule has 1 aliphatic carbocycles. The van der Waals surface area contributed by atoms with E-state index in [1.165, 1.54) is 25.7 Å². The Hall–Kier alpha value is -0.0500. The molecule has 3 heteroatoms. The smallest absolute Gasteiger partial charge is 0.0338 e. The second-order valence-corrected chi connectivity index (χ2v) is 4.96. The van der Waals surface area contributed by atoms with Crippen LogP contribution >= 0.6 is 11.6 Å². The topological polar surface area (TPSA) is 29.3 Å². The highest BCUT2D eigenvalue weighted by Crippen LogP contribution is 2.28. The van der Waals surface area contributed by atoms with E-state index < -0.39 is 0 Å². The third kappa shape index (κ3) is 3.78. The first kappa shape index (κ1) is 13.0. The van der Waals surface area contributed by atoms with Crippen molar-refractivity contribution in [2.45, 2.75) is 38.6 Å². The normalized spacial score (nSPS) is 26.9. The molecule has 2 N–H and O–H groups in total. The van der Waals surface area contributed by atoms with E-state index >= 15 is 0 Å². The van der Waals surface area contributed by atoms with Gasteiger partial charge in [-0.1, -0.05) is 37.9 Å². The number of nitrogens with zero attached hydrogens (tertiary/aromatic N) is 1. The van der Waals surface area contributed by atoms with Gasteiger partial charge in [0.05, 0.1) is 0 Å². The molecule has 0 saturated heterocycles. The molecule has 1 saturated carbocycles. The van der Waals surface area contributed by atoms with Gasteiger partial charge in [-0.3, -0.25) is 4.90 Å². The SMILES string of the molecule is C=C(Cl)CN(CC)C1CCCCC1CN. The van der Waals surface area contributed by atoms with E-state index in [1.54, 1.807) is 0 Å². The Labute approximate surface area is 98.5 Å². The van der Waals surface area contributed by atoms with E-state index in [2.05, 4.69) is 18.4 Å². The molecule has 0 aromatic rings. The van der Waals surface area contributed by atoms with Crippen LogP contribution in [0.4, 0.5) is 0 Å². The monoisotopic (exact) mass is 230 g/mol. The highest BCUT2D eigenvalue weighted by atomic mass is 35.5. The molecule has 2 nitrogen and oxygen atoms in total. The fourth-order valence-corrected chi connectivity index (χ4v) is 2.78. The van der Waals surface area contributed by atoms with Crippen molar-refractivity contribution in [3.05, 3.63) is 11.6 Å². The molecule has 1 rings (SSSR count). The molecular weight excluding hydrogens is 208 g/mol. The quantitative estimate of drug-likeness (QED) is 0.787. The van der Waals surface area contributed by atoms with Gasteiger partial charge < -0.3 is 5.73 Å². The van der Waals surface area contributed by atoms with E-state index in [1.807, 2.05) is 0 Å². The molecule has 0 radical (unpaired) electrons. The van der Waals surface area contributed by atoms with E-state index in [0.29, 0.717) is 12.0 Å². The summed E-state index contributed by atoms with van der Waals surface area (Å²) in [7, 11) is 0. The fraction of sp³-hybridized carbons (Fsp3) is 0.833. The average molecular weight is 231 g/mol. The van der Waals surface area contributed by atoms with Crippen LogP contribution < -0.4 is 5.73 Å². The standard InChI is InChI=1S/C12H23ClN2/c1-3-15(9-10(2)13)12-7-5-4-6-11(12)8-14/h11-12H,2-9,14H2,1H3. The minimum Gasteiger partial charge on any atom is -0.330 e. The molecule has 88 valence electrons. The summed E-state index contributed by atoms with van der Waals surface area (Å²) in [6.45, 7) is 8.60. The molecule has 0 aliphatic heterocycles. The van der Waals surface area contributed by atoms with Gasteiger partial charge in [0, 0.05) is 17.6 Å². The van der Waals surface area contributed by atoms with Gasteiger partial charge in [0.25, 0.3) is 0 Å². The van der Waals surface area contributed by atoms with Crippen molar-refractivity contribution in [2.75, 3.05) is 19.6 Å².